The van der Waals surface area contributed by atoms with Crippen molar-refractivity contribution in [3.63, 3.8) is 0 Å². The third-order valence-electron chi connectivity index (χ3n) is 7.25. The fourth-order valence-corrected chi connectivity index (χ4v) is 5.18. The molecule has 0 spiro atoms. The third kappa shape index (κ3) is 6.07. The number of para-hydroxylation sites is 1. The summed E-state index contributed by atoms with van der Waals surface area (Å²) >= 11 is 0. The van der Waals surface area contributed by atoms with Crippen LogP contribution in [0.15, 0.2) is 42.5 Å². The van der Waals surface area contributed by atoms with Crippen molar-refractivity contribution in [2.75, 3.05) is 33.5 Å². The van der Waals surface area contributed by atoms with E-state index < -0.39 is 12.0 Å². The number of methoxy groups -OCH3 is 1. The van der Waals surface area contributed by atoms with Gasteiger partial charge in [0.25, 0.3) is 5.92 Å². The van der Waals surface area contributed by atoms with E-state index in [-0.39, 0.29) is 31.7 Å². The van der Waals surface area contributed by atoms with Crippen LogP contribution in [0.2, 0.25) is 0 Å². The van der Waals surface area contributed by atoms with Gasteiger partial charge in [-0.3, -0.25) is 9.29 Å². The van der Waals surface area contributed by atoms with Crippen LogP contribution in [0.25, 0.3) is 10.9 Å². The highest BCUT2D eigenvalue weighted by Gasteiger charge is 2.42. The Kier molecular flexibility index (Phi) is 8.70. The molecule has 1 aromatic heterocycles. The summed E-state index contributed by atoms with van der Waals surface area (Å²) in [6, 6.07) is 13.1. The van der Waals surface area contributed by atoms with Gasteiger partial charge in [-0.05, 0) is 63.1 Å². The molecule has 0 saturated heterocycles. The molecule has 5 nitrogen and oxygen atoms in total. The molecule has 3 aromatic rings. The third-order valence-corrected chi connectivity index (χ3v) is 7.25. The first-order valence-corrected chi connectivity index (χ1v) is 13.1. The van der Waals surface area contributed by atoms with E-state index in [1.807, 2.05) is 55.1 Å². The van der Waals surface area contributed by atoms with Crippen molar-refractivity contribution in [3.8, 4) is 11.5 Å². The number of rotatable bonds is 12. The number of halogens is 3. The number of H-pyrrole nitrogens is 1. The molecule has 3 atom stereocenters. The highest BCUT2D eigenvalue weighted by atomic mass is 19.3. The van der Waals surface area contributed by atoms with Crippen molar-refractivity contribution in [1.82, 2.24) is 15.2 Å². The summed E-state index contributed by atoms with van der Waals surface area (Å²) in [5.74, 6) is -1.57. The molecule has 0 bridgehead atoms. The molecule has 0 radical (unpaired) electrons. The molecule has 2 heterocycles. The second-order valence-corrected chi connectivity index (χ2v) is 10.0. The summed E-state index contributed by atoms with van der Waals surface area (Å²) < 4.78 is 53.9. The lowest BCUT2D eigenvalue weighted by molar-refractivity contribution is -0.0546. The van der Waals surface area contributed by atoms with Crippen molar-refractivity contribution >= 4 is 10.9 Å². The maximum absolute atomic E-state index is 14.8. The van der Waals surface area contributed by atoms with Crippen molar-refractivity contribution in [3.05, 3.63) is 59.3 Å². The molecule has 1 aliphatic rings. The number of aromatic nitrogens is 1. The number of aromatic amines is 1. The highest BCUT2D eigenvalue weighted by molar-refractivity contribution is 5.85. The Morgan fingerprint density at radius 1 is 1.22 bits per heavy atom. The molecule has 37 heavy (non-hydrogen) atoms. The normalized spacial score (nSPS) is 19.1. The predicted octanol–water partition coefficient (Wildman–Crippen LogP) is 6.27. The molecule has 8 heteroatoms. The first kappa shape index (κ1) is 27.3. The van der Waals surface area contributed by atoms with Crippen molar-refractivity contribution in [2.24, 2.45) is 0 Å². The maximum atomic E-state index is 14.8. The monoisotopic (exact) mass is 517 g/mol. The van der Waals surface area contributed by atoms with Gasteiger partial charge in [-0.25, -0.2) is 8.78 Å². The summed E-state index contributed by atoms with van der Waals surface area (Å²) in [6.45, 7) is 5.79. The number of alkyl halides is 3. The fourth-order valence-electron chi connectivity index (χ4n) is 5.18. The van der Waals surface area contributed by atoms with Gasteiger partial charge in [-0.1, -0.05) is 25.1 Å². The Hall–Kier alpha value is -2.71. The molecule has 2 N–H and O–H groups in total. The molecule has 2 unspecified atom stereocenters. The average Bonchev–Trinajstić information content (AvgIpc) is 3.25. The van der Waals surface area contributed by atoms with Crippen LogP contribution in [0.3, 0.4) is 0 Å². The van der Waals surface area contributed by atoms with Gasteiger partial charge in [0.15, 0.2) is 0 Å². The SMILES string of the molecule is CCC(F)(F)CN1C(c2cc(OCC(C)NCCCF)ccc2OC)c2[nH]c3ccccc3c2C[C@H]1C. The van der Waals surface area contributed by atoms with Gasteiger partial charge < -0.3 is 19.8 Å². The number of nitrogens with one attached hydrogen (secondary N) is 2. The maximum Gasteiger partial charge on any atom is 0.260 e. The average molecular weight is 518 g/mol. The van der Waals surface area contributed by atoms with Crippen LogP contribution < -0.4 is 14.8 Å². The van der Waals surface area contributed by atoms with Crippen LogP contribution in [-0.2, 0) is 6.42 Å². The van der Waals surface area contributed by atoms with Crippen LogP contribution in [-0.4, -0.2) is 61.4 Å². The molecular formula is C29H38F3N3O2. The Morgan fingerprint density at radius 2 is 2.00 bits per heavy atom. The summed E-state index contributed by atoms with van der Waals surface area (Å²) in [4.78, 5) is 5.44. The van der Waals surface area contributed by atoms with Crippen molar-refractivity contribution < 1.29 is 22.6 Å². The van der Waals surface area contributed by atoms with E-state index in [4.69, 9.17) is 9.47 Å². The predicted molar refractivity (Wildman–Crippen MR) is 142 cm³/mol. The zero-order chi connectivity index (χ0) is 26.6. The lowest BCUT2D eigenvalue weighted by Crippen LogP contribution is -2.48. The van der Waals surface area contributed by atoms with E-state index >= 15 is 0 Å². The van der Waals surface area contributed by atoms with Gasteiger partial charge in [0.05, 0.1) is 26.4 Å². The molecular weight excluding hydrogens is 479 g/mol. The van der Waals surface area contributed by atoms with Crippen LogP contribution in [0, 0.1) is 0 Å². The number of ether oxygens (including phenoxy) is 2. The van der Waals surface area contributed by atoms with Gasteiger partial charge in [0.2, 0.25) is 0 Å². The molecule has 0 amide bonds. The molecule has 2 aromatic carbocycles. The van der Waals surface area contributed by atoms with E-state index in [1.54, 1.807) is 7.11 Å². The van der Waals surface area contributed by atoms with E-state index in [1.165, 1.54) is 6.92 Å². The summed E-state index contributed by atoms with van der Waals surface area (Å²) in [6.07, 6.45) is 0.911. The molecule has 202 valence electrons. The second kappa shape index (κ2) is 11.8. The minimum atomic E-state index is -2.82. The van der Waals surface area contributed by atoms with Gasteiger partial charge in [-0.2, -0.15) is 0 Å². The zero-order valence-corrected chi connectivity index (χ0v) is 22.1. The second-order valence-electron chi connectivity index (χ2n) is 10.0. The standard InChI is InChI=1S/C29H38F3N3O2/c1-5-29(31,32)18-35-20(3)15-23-22-9-6-7-10-25(22)34-27(23)28(35)24-16-21(11-12-26(24)36-4)37-17-19(2)33-14-8-13-30/h6-7,9-12,16,19-20,28,33-34H,5,8,13-15,17-18H2,1-4H3/t19?,20-,28?/m1/s1. The molecule has 0 fully saturated rings. The van der Waals surface area contributed by atoms with Crippen molar-refractivity contribution in [1.29, 1.82) is 0 Å². The smallest absolute Gasteiger partial charge is 0.260 e. The van der Waals surface area contributed by atoms with Crippen LogP contribution in [0.4, 0.5) is 13.2 Å². The number of fused-ring (bicyclic) bond motifs is 3. The first-order chi connectivity index (χ1) is 17.8. The molecule has 0 saturated carbocycles. The topological polar surface area (TPSA) is 49.5 Å². The number of hydrogen-bond donors (Lipinski definition) is 2. The minimum Gasteiger partial charge on any atom is -0.496 e. The summed E-state index contributed by atoms with van der Waals surface area (Å²) in [7, 11) is 1.60. The molecule has 1 aliphatic heterocycles. The Balaban J connectivity index is 1.74. The Morgan fingerprint density at radius 3 is 2.73 bits per heavy atom. The Labute approximate surface area is 217 Å². The largest absolute Gasteiger partial charge is 0.496 e. The molecule has 0 aliphatic carbocycles. The highest BCUT2D eigenvalue weighted by Crippen LogP contribution is 2.45. The summed E-state index contributed by atoms with van der Waals surface area (Å²) in [5, 5.41) is 4.36. The lowest BCUT2D eigenvalue weighted by Gasteiger charge is -2.42. The number of hydrogen-bond acceptors (Lipinski definition) is 4. The van der Waals surface area contributed by atoms with Gasteiger partial charge in [0.1, 0.15) is 18.1 Å². The number of benzene rings is 2. The van der Waals surface area contributed by atoms with Crippen LogP contribution in [0.1, 0.15) is 56.5 Å². The number of nitrogens with zero attached hydrogens (tertiary/aromatic N) is 1. The minimum absolute atomic E-state index is 0.0341. The van der Waals surface area contributed by atoms with E-state index in [2.05, 4.69) is 16.4 Å². The van der Waals surface area contributed by atoms with Crippen molar-refractivity contribution in [2.45, 2.75) is 64.1 Å². The first-order valence-electron chi connectivity index (χ1n) is 13.1. The quantitative estimate of drug-likeness (QED) is 0.278. The van der Waals surface area contributed by atoms with E-state index in [0.29, 0.717) is 37.5 Å². The Bertz CT molecular complexity index is 1180. The lowest BCUT2D eigenvalue weighted by atomic mass is 9.87. The zero-order valence-electron chi connectivity index (χ0n) is 22.1. The fraction of sp³-hybridized carbons (Fsp3) is 0.517. The van der Waals surface area contributed by atoms with Gasteiger partial charge in [-0.15, -0.1) is 0 Å². The summed E-state index contributed by atoms with van der Waals surface area (Å²) in [5.41, 5.74) is 3.85. The van der Waals surface area contributed by atoms with Crippen LogP contribution in [0.5, 0.6) is 11.5 Å². The molecule has 4 rings (SSSR count). The van der Waals surface area contributed by atoms with E-state index in [0.717, 1.165) is 27.7 Å². The van der Waals surface area contributed by atoms with Gasteiger partial charge in [0, 0.05) is 40.7 Å². The van der Waals surface area contributed by atoms with Gasteiger partial charge >= 0.3 is 0 Å². The van der Waals surface area contributed by atoms with Crippen LogP contribution >= 0.6 is 0 Å². The van der Waals surface area contributed by atoms with E-state index in [9.17, 15) is 13.2 Å².